The van der Waals surface area contributed by atoms with Gasteiger partial charge in [0.05, 0.1) is 0 Å². The van der Waals surface area contributed by atoms with Gasteiger partial charge >= 0.3 is 215 Å². The topological polar surface area (TPSA) is 0 Å². The second kappa shape index (κ2) is 26.4. The molecule has 0 radical (unpaired) electrons. The van der Waals surface area contributed by atoms with Crippen molar-refractivity contribution in [1.29, 1.82) is 0 Å². The molecular formula is C32H60Sn. The molecule has 0 saturated heterocycles. The molecule has 33 heavy (non-hydrogen) atoms. The molecule has 0 aliphatic rings. The van der Waals surface area contributed by atoms with E-state index >= 15 is 0 Å². The molecule has 0 aromatic heterocycles. The number of hydrogen-bond acceptors (Lipinski definition) is 0. The third-order valence-electron chi connectivity index (χ3n) is 6.77. The number of allylic oxidation sites excluding steroid dienone is 8. The van der Waals surface area contributed by atoms with Crippen molar-refractivity contribution in [2.24, 2.45) is 0 Å². The van der Waals surface area contributed by atoms with Gasteiger partial charge in [0.15, 0.2) is 0 Å². The third-order valence-corrected chi connectivity index (χ3v) is 19.3. The summed E-state index contributed by atoms with van der Waals surface area (Å²) < 4.78 is 5.66. The first-order valence-electron chi connectivity index (χ1n) is 14.8. The molecule has 0 saturated carbocycles. The van der Waals surface area contributed by atoms with Gasteiger partial charge in [-0.25, -0.2) is 0 Å². The van der Waals surface area contributed by atoms with E-state index in [0.717, 1.165) is 0 Å². The summed E-state index contributed by atoms with van der Waals surface area (Å²) in [5.74, 6) is 0. The van der Waals surface area contributed by atoms with E-state index in [1.807, 2.05) is 0 Å². The average molecular weight is 564 g/mol. The van der Waals surface area contributed by atoms with Crippen LogP contribution in [-0.2, 0) is 0 Å². The Bertz CT molecular complexity index is 403. The molecule has 0 amide bonds. The summed E-state index contributed by atoms with van der Waals surface area (Å²) in [6, 6.07) is 0. The van der Waals surface area contributed by atoms with E-state index in [-0.39, 0.29) is 0 Å². The van der Waals surface area contributed by atoms with Gasteiger partial charge in [0.2, 0.25) is 0 Å². The zero-order valence-corrected chi connectivity index (χ0v) is 26.1. The van der Waals surface area contributed by atoms with E-state index < -0.39 is 18.4 Å². The number of hydrogen-bond donors (Lipinski definition) is 0. The summed E-state index contributed by atoms with van der Waals surface area (Å²) in [5, 5.41) is 0. The summed E-state index contributed by atoms with van der Waals surface area (Å²) in [6.45, 7) is 9.21. The van der Waals surface area contributed by atoms with Crippen LogP contribution in [0.1, 0.15) is 130 Å². The van der Waals surface area contributed by atoms with E-state index in [9.17, 15) is 0 Å². The van der Waals surface area contributed by atoms with Crippen LogP contribution in [0.3, 0.4) is 0 Å². The second-order valence-electron chi connectivity index (χ2n) is 10.2. The van der Waals surface area contributed by atoms with Gasteiger partial charge in [-0.2, -0.15) is 0 Å². The molecule has 0 N–H and O–H groups in total. The Morgan fingerprint density at radius 3 is 0.788 bits per heavy atom. The Balaban J connectivity index is 5.18. The quantitative estimate of drug-likeness (QED) is 0.0623. The standard InChI is InChI=1S/4C8H15.Sn/c4*1-3-5-7-8-6-4-2;/h4*3,5H,1,4,6-8H2,2H3;/b4*5-3+;. The van der Waals surface area contributed by atoms with Crippen LogP contribution in [0.15, 0.2) is 48.6 Å². The first-order valence-corrected chi connectivity index (χ1v) is 22.9. The molecule has 0 spiro atoms. The van der Waals surface area contributed by atoms with Gasteiger partial charge in [-0.1, -0.05) is 0 Å². The maximum atomic E-state index is 2.60. The molecule has 0 bridgehead atoms. The summed E-state index contributed by atoms with van der Waals surface area (Å²) in [4.78, 5) is 0. The number of unbranched alkanes of at least 4 members (excludes halogenated alkanes) is 12. The van der Waals surface area contributed by atoms with E-state index in [1.54, 1.807) is 0 Å². The van der Waals surface area contributed by atoms with Gasteiger partial charge in [-0.3, -0.25) is 0 Å². The Morgan fingerprint density at radius 2 is 0.576 bits per heavy atom. The van der Waals surface area contributed by atoms with Gasteiger partial charge in [0.1, 0.15) is 0 Å². The van der Waals surface area contributed by atoms with Crippen LogP contribution in [0, 0.1) is 0 Å². The fourth-order valence-electron chi connectivity index (χ4n) is 4.35. The molecule has 0 rings (SSSR count). The molecule has 0 fully saturated rings. The monoisotopic (exact) mass is 564 g/mol. The van der Waals surface area contributed by atoms with Crippen molar-refractivity contribution in [3.63, 3.8) is 0 Å². The molecule has 1 heteroatoms. The summed E-state index contributed by atoms with van der Waals surface area (Å²) in [5.41, 5.74) is 0. The Morgan fingerprint density at radius 1 is 0.333 bits per heavy atom. The molecule has 0 aromatic rings. The van der Waals surface area contributed by atoms with Crippen molar-refractivity contribution in [3.05, 3.63) is 48.6 Å². The fraction of sp³-hybridized carbons (Fsp3) is 0.750. The SMILES string of the molecule is CCCCC/C=C/[CH2][Sn]([CH2]/C=C/CCCCC)([CH2]/C=C/CCCCC)[CH2]/C=C/CCCCC. The van der Waals surface area contributed by atoms with Crippen molar-refractivity contribution < 1.29 is 0 Å². The van der Waals surface area contributed by atoms with E-state index in [4.69, 9.17) is 0 Å². The molecule has 0 atom stereocenters. The molecule has 0 aromatic carbocycles. The minimum absolute atomic E-state index is 1.28. The first-order chi connectivity index (χ1) is 16.2. The molecule has 0 aliphatic carbocycles. The third kappa shape index (κ3) is 22.0. The molecule has 0 heterocycles. The average Bonchev–Trinajstić information content (AvgIpc) is 2.83. The van der Waals surface area contributed by atoms with Crippen molar-refractivity contribution in [3.8, 4) is 0 Å². The zero-order valence-electron chi connectivity index (χ0n) is 23.3. The Hall–Kier alpha value is -0.241. The van der Waals surface area contributed by atoms with Crippen LogP contribution < -0.4 is 0 Å². The second-order valence-corrected chi connectivity index (χ2v) is 23.4. The molecular weight excluding hydrogens is 503 g/mol. The van der Waals surface area contributed by atoms with Crippen LogP contribution in [0.2, 0.25) is 17.7 Å². The molecule has 0 unspecified atom stereocenters. The van der Waals surface area contributed by atoms with E-state index in [2.05, 4.69) is 76.3 Å². The maximum absolute atomic E-state index is 2.60. The van der Waals surface area contributed by atoms with Crippen LogP contribution >= 0.6 is 0 Å². The van der Waals surface area contributed by atoms with Crippen molar-refractivity contribution in [1.82, 2.24) is 0 Å². The van der Waals surface area contributed by atoms with Crippen LogP contribution in [0.25, 0.3) is 0 Å². The molecule has 192 valence electrons. The minimum atomic E-state index is -2.32. The summed E-state index contributed by atoms with van der Waals surface area (Å²) in [7, 11) is 0. The fourth-order valence-corrected chi connectivity index (χ4v) is 14.8. The predicted octanol–water partition coefficient (Wildman–Crippen LogP) is 12.0. The van der Waals surface area contributed by atoms with E-state index in [0.29, 0.717) is 0 Å². The summed E-state index contributed by atoms with van der Waals surface area (Å²) in [6.07, 6.45) is 41.9. The van der Waals surface area contributed by atoms with E-state index in [1.165, 1.54) is 120 Å². The van der Waals surface area contributed by atoms with Gasteiger partial charge in [0, 0.05) is 0 Å². The Kier molecular flexibility index (Phi) is 26.2. The van der Waals surface area contributed by atoms with Crippen LogP contribution in [0.5, 0.6) is 0 Å². The van der Waals surface area contributed by atoms with Gasteiger partial charge < -0.3 is 0 Å². The van der Waals surface area contributed by atoms with Crippen LogP contribution in [0.4, 0.5) is 0 Å². The summed E-state index contributed by atoms with van der Waals surface area (Å²) >= 11 is -2.32. The van der Waals surface area contributed by atoms with Gasteiger partial charge in [-0.15, -0.1) is 0 Å². The van der Waals surface area contributed by atoms with Crippen molar-refractivity contribution >= 4 is 18.4 Å². The van der Waals surface area contributed by atoms with Gasteiger partial charge in [-0.05, 0) is 0 Å². The Labute approximate surface area is 214 Å². The van der Waals surface area contributed by atoms with Crippen molar-refractivity contribution in [2.75, 3.05) is 0 Å². The van der Waals surface area contributed by atoms with Crippen LogP contribution in [-0.4, -0.2) is 18.4 Å². The predicted molar refractivity (Wildman–Crippen MR) is 158 cm³/mol. The first kappa shape index (κ1) is 32.8. The molecule has 0 aliphatic heterocycles. The van der Waals surface area contributed by atoms with Gasteiger partial charge in [0.25, 0.3) is 0 Å². The zero-order chi connectivity index (χ0) is 24.3. The normalized spacial score (nSPS) is 13.0. The van der Waals surface area contributed by atoms with Crippen molar-refractivity contribution in [2.45, 2.75) is 148 Å². The number of rotatable bonds is 24. The molecule has 0 nitrogen and oxygen atoms in total.